The Morgan fingerprint density at radius 2 is 0.506 bits per heavy atom. The highest BCUT2D eigenvalue weighted by Crippen LogP contribution is 2.45. The molecule has 0 amide bonds. The van der Waals surface area contributed by atoms with Gasteiger partial charge in [0.1, 0.15) is 19.3 Å². The van der Waals surface area contributed by atoms with Gasteiger partial charge in [-0.3, -0.25) is 37.3 Å². The minimum absolute atomic E-state index is 0.103. The van der Waals surface area contributed by atoms with Gasteiger partial charge in [-0.05, 0) is 49.4 Å². The molecule has 0 saturated heterocycles. The molecule has 0 spiro atoms. The van der Waals surface area contributed by atoms with Gasteiger partial charge in [0.05, 0.1) is 26.4 Å². The van der Waals surface area contributed by atoms with Gasteiger partial charge in [-0.1, -0.05) is 254 Å². The van der Waals surface area contributed by atoms with Crippen molar-refractivity contribution in [3.8, 4) is 0 Å². The lowest BCUT2D eigenvalue weighted by atomic mass is 10.0. The fourth-order valence-electron chi connectivity index (χ4n) is 9.43. The summed E-state index contributed by atoms with van der Waals surface area (Å²) in [5.74, 6) is 0.717. The van der Waals surface area contributed by atoms with Crippen molar-refractivity contribution in [3.05, 3.63) is 0 Å². The van der Waals surface area contributed by atoms with E-state index in [9.17, 15) is 43.2 Å². The van der Waals surface area contributed by atoms with Crippen LogP contribution in [0.1, 0.15) is 306 Å². The summed E-state index contributed by atoms with van der Waals surface area (Å²) in [6.45, 7) is 13.9. The van der Waals surface area contributed by atoms with Gasteiger partial charge in [0.2, 0.25) is 0 Å². The van der Waals surface area contributed by atoms with Gasteiger partial charge in [0, 0.05) is 25.7 Å². The number of unbranched alkanes of at least 4 members (excludes halogenated alkanes) is 27. The maximum atomic E-state index is 13.0. The molecule has 0 aliphatic carbocycles. The summed E-state index contributed by atoms with van der Waals surface area (Å²) in [4.78, 5) is 72.2. The van der Waals surface area contributed by atoms with Crippen molar-refractivity contribution < 1.29 is 80.2 Å². The van der Waals surface area contributed by atoms with E-state index in [1.165, 1.54) is 103 Å². The molecule has 0 aromatic heterocycles. The van der Waals surface area contributed by atoms with Crippen molar-refractivity contribution in [3.63, 3.8) is 0 Å². The summed E-state index contributed by atoms with van der Waals surface area (Å²) in [5, 5.41) is 10.5. The predicted molar refractivity (Wildman–Crippen MR) is 331 cm³/mol. The summed E-state index contributed by atoms with van der Waals surface area (Å²) in [7, 11) is -9.89. The Hall–Kier alpha value is -1.94. The highest BCUT2D eigenvalue weighted by atomic mass is 31.2. The third-order valence-corrected chi connectivity index (χ3v) is 16.5. The molecule has 492 valence electrons. The zero-order valence-corrected chi connectivity index (χ0v) is 55.6. The third-order valence-electron chi connectivity index (χ3n) is 14.6. The molecule has 0 rings (SSSR count). The normalized spacial score (nSPS) is 14.4. The largest absolute Gasteiger partial charge is 0.472 e. The molecule has 0 aliphatic heterocycles. The standard InChI is InChI=1S/C64H124O17P2/c1-54(2)40-32-24-16-10-9-11-19-28-36-44-61(66)74-50-59(80-63(68)46-38-30-20-14-12-17-25-33-41-55(3)4)52-78-82(70,71)76-48-58(65)49-77-83(72,73)79-53-60(51-75-62(67)45-37-29-23-22-27-35-43-57(7)8)81-64(69)47-39-31-21-15-13-18-26-34-42-56(5)6/h54-60,65H,9-53H2,1-8H3,(H,70,71)(H,72,73)/t58-,59-,60-/m1/s1. The molecule has 17 nitrogen and oxygen atoms in total. The zero-order valence-electron chi connectivity index (χ0n) is 53.8. The molecule has 0 aromatic rings. The third kappa shape index (κ3) is 58.8. The molecule has 0 saturated carbocycles. The quantitative estimate of drug-likeness (QED) is 0.0222. The number of phosphoric ester groups is 2. The number of phosphoric acid groups is 2. The van der Waals surface area contributed by atoms with Crippen LogP contribution in [0.25, 0.3) is 0 Å². The van der Waals surface area contributed by atoms with E-state index in [-0.39, 0.29) is 25.7 Å². The van der Waals surface area contributed by atoms with Crippen molar-refractivity contribution in [1.29, 1.82) is 0 Å². The van der Waals surface area contributed by atoms with E-state index >= 15 is 0 Å². The molecule has 83 heavy (non-hydrogen) atoms. The van der Waals surface area contributed by atoms with Crippen molar-refractivity contribution in [1.82, 2.24) is 0 Å². The van der Waals surface area contributed by atoms with Gasteiger partial charge in [-0.15, -0.1) is 0 Å². The first-order valence-electron chi connectivity index (χ1n) is 33.2. The van der Waals surface area contributed by atoms with Crippen molar-refractivity contribution in [2.45, 2.75) is 324 Å². The molecular formula is C64H124O17P2. The van der Waals surface area contributed by atoms with Crippen LogP contribution in [-0.4, -0.2) is 96.7 Å². The SMILES string of the molecule is CC(C)CCCCCCCCCCCC(=O)OC[C@H](COP(=O)(O)OC[C@@H](O)COP(=O)(O)OC[C@@H](COC(=O)CCCCCCCCC(C)C)OC(=O)CCCCCCCCCCC(C)C)OC(=O)CCCCCCCCCCC(C)C. The summed E-state index contributed by atoms with van der Waals surface area (Å²) in [6.07, 6.45) is 33.7. The highest BCUT2D eigenvalue weighted by molar-refractivity contribution is 7.47. The number of aliphatic hydroxyl groups is 1. The molecule has 0 radical (unpaired) electrons. The van der Waals surface area contributed by atoms with Crippen molar-refractivity contribution in [2.75, 3.05) is 39.6 Å². The van der Waals surface area contributed by atoms with Gasteiger partial charge in [-0.25, -0.2) is 9.13 Å². The predicted octanol–water partition coefficient (Wildman–Crippen LogP) is 17.4. The molecule has 3 N–H and O–H groups in total. The minimum Gasteiger partial charge on any atom is -0.462 e. The highest BCUT2D eigenvalue weighted by Gasteiger charge is 2.30. The van der Waals surface area contributed by atoms with Crippen LogP contribution in [0.5, 0.6) is 0 Å². The van der Waals surface area contributed by atoms with Crippen LogP contribution in [0.3, 0.4) is 0 Å². The van der Waals surface area contributed by atoms with Crippen LogP contribution in [0.4, 0.5) is 0 Å². The monoisotopic (exact) mass is 1230 g/mol. The van der Waals surface area contributed by atoms with E-state index in [0.717, 1.165) is 114 Å². The fraction of sp³-hybridized carbons (Fsp3) is 0.938. The average Bonchev–Trinajstić information content (AvgIpc) is 3.43. The Balaban J connectivity index is 5.25. The fourth-order valence-corrected chi connectivity index (χ4v) is 11.0. The number of hydrogen-bond donors (Lipinski definition) is 3. The van der Waals surface area contributed by atoms with Crippen LogP contribution in [0, 0.1) is 23.7 Å². The van der Waals surface area contributed by atoms with Crippen LogP contribution in [0.15, 0.2) is 0 Å². The number of ether oxygens (including phenoxy) is 4. The van der Waals surface area contributed by atoms with Crippen molar-refractivity contribution in [2.24, 2.45) is 23.7 Å². The number of esters is 4. The zero-order chi connectivity index (χ0) is 61.8. The van der Waals surface area contributed by atoms with Crippen LogP contribution in [-0.2, 0) is 65.4 Å². The van der Waals surface area contributed by atoms with E-state index in [1.54, 1.807) is 0 Å². The smallest absolute Gasteiger partial charge is 0.462 e. The number of rotatable bonds is 61. The van der Waals surface area contributed by atoms with E-state index in [2.05, 4.69) is 55.4 Å². The lowest BCUT2D eigenvalue weighted by Crippen LogP contribution is -2.30. The molecule has 19 heteroatoms. The summed E-state index contributed by atoms with van der Waals surface area (Å²) in [6, 6.07) is 0. The molecule has 0 fully saturated rings. The summed E-state index contributed by atoms with van der Waals surface area (Å²) < 4.78 is 68.0. The lowest BCUT2D eigenvalue weighted by molar-refractivity contribution is -0.161. The van der Waals surface area contributed by atoms with Gasteiger partial charge >= 0.3 is 39.5 Å². The average molecular weight is 1230 g/mol. The van der Waals surface area contributed by atoms with Gasteiger partial charge < -0.3 is 33.8 Å². The Morgan fingerprint density at radius 1 is 0.301 bits per heavy atom. The Bertz CT molecular complexity index is 1660. The second-order valence-electron chi connectivity index (χ2n) is 25.1. The molecule has 5 atom stereocenters. The second kappa shape index (κ2) is 54.2. The first-order valence-corrected chi connectivity index (χ1v) is 36.2. The van der Waals surface area contributed by atoms with Crippen LogP contribution >= 0.6 is 15.6 Å². The minimum atomic E-state index is -4.95. The van der Waals surface area contributed by atoms with E-state index in [1.807, 2.05) is 0 Å². The number of carbonyl (C=O) groups excluding carboxylic acids is 4. The van der Waals surface area contributed by atoms with Crippen LogP contribution < -0.4 is 0 Å². The molecule has 0 heterocycles. The van der Waals surface area contributed by atoms with E-state index in [4.69, 9.17) is 37.0 Å². The summed E-state index contributed by atoms with van der Waals surface area (Å²) in [5.41, 5.74) is 0. The number of hydrogen-bond acceptors (Lipinski definition) is 15. The molecule has 0 bridgehead atoms. The van der Waals surface area contributed by atoms with Gasteiger partial charge in [-0.2, -0.15) is 0 Å². The van der Waals surface area contributed by atoms with E-state index in [0.29, 0.717) is 31.6 Å². The van der Waals surface area contributed by atoms with Gasteiger partial charge in [0.15, 0.2) is 12.2 Å². The number of aliphatic hydroxyl groups excluding tert-OH is 1. The van der Waals surface area contributed by atoms with E-state index < -0.39 is 97.5 Å². The molecular weight excluding hydrogens is 1100 g/mol. The number of carbonyl (C=O) groups is 4. The topological polar surface area (TPSA) is 237 Å². The first-order chi connectivity index (χ1) is 39.6. The van der Waals surface area contributed by atoms with Gasteiger partial charge in [0.25, 0.3) is 0 Å². The summed E-state index contributed by atoms with van der Waals surface area (Å²) >= 11 is 0. The molecule has 0 aromatic carbocycles. The molecule has 2 unspecified atom stereocenters. The van der Waals surface area contributed by atoms with Crippen LogP contribution in [0.2, 0.25) is 0 Å². The van der Waals surface area contributed by atoms with Crippen molar-refractivity contribution >= 4 is 39.5 Å². The Labute approximate surface area is 505 Å². The Kier molecular flexibility index (Phi) is 53.0. The second-order valence-corrected chi connectivity index (χ2v) is 28.0. The Morgan fingerprint density at radius 3 is 0.747 bits per heavy atom. The maximum Gasteiger partial charge on any atom is 0.472 e. The molecule has 0 aliphatic rings. The maximum absolute atomic E-state index is 13.0. The lowest BCUT2D eigenvalue weighted by Gasteiger charge is -2.21. The first kappa shape index (κ1) is 81.1.